The monoisotopic (exact) mass is 236 g/mol. The normalized spacial score (nSPS) is 10.4. The number of alkyl halides is 2. The Morgan fingerprint density at radius 3 is 2.58 bits per heavy atom. The number of benzene rings is 1. The summed E-state index contributed by atoms with van der Waals surface area (Å²) >= 11 is 3.12. The van der Waals surface area contributed by atoms with Crippen LogP contribution in [0.3, 0.4) is 0 Å². The van der Waals surface area contributed by atoms with Crippen LogP contribution in [0, 0.1) is 6.92 Å². The molecule has 0 unspecified atom stereocenters. The number of ether oxygens (including phenoxy) is 1. The lowest BCUT2D eigenvalue weighted by Gasteiger charge is -2.06. The van der Waals surface area contributed by atoms with E-state index in [2.05, 4.69) is 20.7 Å². The number of hydrogen-bond acceptors (Lipinski definition) is 1. The highest BCUT2D eigenvalue weighted by molar-refractivity contribution is 9.10. The summed E-state index contributed by atoms with van der Waals surface area (Å²) in [5.74, 6) is 0.163. The zero-order valence-electron chi connectivity index (χ0n) is 6.35. The lowest BCUT2D eigenvalue weighted by Crippen LogP contribution is -2.02. The summed E-state index contributed by atoms with van der Waals surface area (Å²) in [5, 5.41) is 0. The Labute approximate surface area is 77.5 Å². The zero-order chi connectivity index (χ0) is 9.14. The van der Waals surface area contributed by atoms with Crippen LogP contribution in [0.15, 0.2) is 22.7 Å². The van der Waals surface area contributed by atoms with Crippen LogP contribution in [0.4, 0.5) is 8.78 Å². The molecule has 0 fully saturated rings. The van der Waals surface area contributed by atoms with E-state index >= 15 is 0 Å². The number of hydrogen-bond donors (Lipinski definition) is 0. The zero-order valence-corrected chi connectivity index (χ0v) is 7.94. The van der Waals surface area contributed by atoms with Crippen molar-refractivity contribution in [1.29, 1.82) is 0 Å². The molecule has 0 saturated carbocycles. The lowest BCUT2D eigenvalue weighted by atomic mass is 10.2. The van der Waals surface area contributed by atoms with Gasteiger partial charge in [0.1, 0.15) is 5.75 Å². The van der Waals surface area contributed by atoms with E-state index in [-0.39, 0.29) is 5.75 Å². The van der Waals surface area contributed by atoms with Gasteiger partial charge in [-0.3, -0.25) is 0 Å². The minimum atomic E-state index is -2.77. The van der Waals surface area contributed by atoms with Gasteiger partial charge in [-0.25, -0.2) is 0 Å². The predicted molar refractivity (Wildman–Crippen MR) is 45.5 cm³/mol. The molecule has 0 amide bonds. The topological polar surface area (TPSA) is 9.23 Å². The molecule has 1 rings (SSSR count). The van der Waals surface area contributed by atoms with Gasteiger partial charge in [-0.15, -0.1) is 0 Å². The number of halogens is 3. The quantitative estimate of drug-likeness (QED) is 0.766. The second-order valence-corrected chi connectivity index (χ2v) is 3.17. The molecule has 0 saturated heterocycles. The van der Waals surface area contributed by atoms with Gasteiger partial charge in [-0.2, -0.15) is 8.78 Å². The van der Waals surface area contributed by atoms with Crippen LogP contribution in [-0.2, 0) is 0 Å². The van der Waals surface area contributed by atoms with Crippen molar-refractivity contribution < 1.29 is 13.5 Å². The van der Waals surface area contributed by atoms with Gasteiger partial charge in [-0.05, 0) is 40.5 Å². The maximum absolute atomic E-state index is 11.8. The summed E-state index contributed by atoms with van der Waals surface area (Å²) in [7, 11) is 0. The maximum Gasteiger partial charge on any atom is 0.387 e. The maximum atomic E-state index is 11.8. The lowest BCUT2D eigenvalue weighted by molar-refractivity contribution is -0.0503. The third kappa shape index (κ3) is 2.44. The Balaban J connectivity index is 2.86. The summed E-state index contributed by atoms with van der Waals surface area (Å²) in [5.41, 5.74) is 0.989. The average Bonchev–Trinajstić information content (AvgIpc) is 1.94. The van der Waals surface area contributed by atoms with E-state index < -0.39 is 6.61 Å². The van der Waals surface area contributed by atoms with Crippen molar-refractivity contribution in [2.75, 3.05) is 0 Å². The van der Waals surface area contributed by atoms with Gasteiger partial charge in [0.2, 0.25) is 0 Å². The van der Waals surface area contributed by atoms with Crippen LogP contribution in [0.25, 0.3) is 0 Å². The van der Waals surface area contributed by atoms with E-state index in [0.29, 0.717) is 4.47 Å². The largest absolute Gasteiger partial charge is 0.434 e. The molecule has 0 N–H and O–H groups in total. The average molecular weight is 237 g/mol. The fourth-order valence-electron chi connectivity index (χ4n) is 0.797. The van der Waals surface area contributed by atoms with Gasteiger partial charge in [0.05, 0.1) is 4.47 Å². The molecular formula is C8H7BrF2O. The molecular weight excluding hydrogens is 230 g/mol. The number of rotatable bonds is 2. The fraction of sp³-hybridized carbons (Fsp3) is 0.250. The summed E-state index contributed by atoms with van der Waals surface area (Å²) in [6.45, 7) is -0.902. The SMILES string of the molecule is Cc1ccc(OC(F)F)c(Br)c1. The molecule has 0 bridgehead atoms. The van der Waals surface area contributed by atoms with E-state index in [4.69, 9.17) is 0 Å². The Morgan fingerprint density at radius 2 is 2.08 bits per heavy atom. The summed E-state index contributed by atoms with van der Waals surface area (Å²) < 4.78 is 28.3. The molecule has 12 heavy (non-hydrogen) atoms. The highest BCUT2D eigenvalue weighted by Crippen LogP contribution is 2.26. The third-order valence-corrected chi connectivity index (χ3v) is 1.92. The van der Waals surface area contributed by atoms with Gasteiger partial charge in [0.25, 0.3) is 0 Å². The summed E-state index contributed by atoms with van der Waals surface area (Å²) in [4.78, 5) is 0. The molecule has 0 aliphatic rings. The van der Waals surface area contributed by atoms with Crippen LogP contribution < -0.4 is 4.74 Å². The molecule has 1 aromatic carbocycles. The van der Waals surface area contributed by atoms with Crippen molar-refractivity contribution in [2.24, 2.45) is 0 Å². The molecule has 0 heterocycles. The Bertz CT molecular complexity index is 276. The van der Waals surface area contributed by atoms with Crippen LogP contribution >= 0.6 is 15.9 Å². The van der Waals surface area contributed by atoms with Gasteiger partial charge in [-0.1, -0.05) is 6.07 Å². The minimum absolute atomic E-state index is 0.163. The molecule has 66 valence electrons. The molecule has 4 heteroatoms. The summed E-state index contributed by atoms with van der Waals surface area (Å²) in [6, 6.07) is 4.94. The highest BCUT2D eigenvalue weighted by Gasteiger charge is 2.07. The Kier molecular flexibility index (Phi) is 3.03. The Hall–Kier alpha value is -0.640. The van der Waals surface area contributed by atoms with E-state index in [0.717, 1.165) is 5.56 Å². The molecule has 0 aromatic heterocycles. The first kappa shape index (κ1) is 9.45. The second-order valence-electron chi connectivity index (χ2n) is 2.31. The van der Waals surface area contributed by atoms with E-state index in [1.54, 1.807) is 12.1 Å². The molecule has 1 nitrogen and oxygen atoms in total. The standard InChI is InChI=1S/C8H7BrF2O/c1-5-2-3-7(6(9)4-5)12-8(10)11/h2-4,8H,1H3. The highest BCUT2D eigenvalue weighted by atomic mass is 79.9. The smallest absolute Gasteiger partial charge is 0.387 e. The van der Waals surface area contributed by atoms with Crippen LogP contribution in [0.5, 0.6) is 5.75 Å². The number of aryl methyl sites for hydroxylation is 1. The van der Waals surface area contributed by atoms with Crippen LogP contribution in [0.2, 0.25) is 0 Å². The first-order chi connectivity index (χ1) is 5.59. The fourth-order valence-corrected chi connectivity index (χ4v) is 1.38. The third-order valence-electron chi connectivity index (χ3n) is 1.30. The first-order valence-corrected chi connectivity index (χ1v) is 4.10. The molecule has 0 spiro atoms. The van der Waals surface area contributed by atoms with Crippen molar-refractivity contribution in [2.45, 2.75) is 13.5 Å². The predicted octanol–water partition coefficient (Wildman–Crippen LogP) is 3.36. The first-order valence-electron chi connectivity index (χ1n) is 3.30. The van der Waals surface area contributed by atoms with Crippen molar-refractivity contribution in [1.82, 2.24) is 0 Å². The van der Waals surface area contributed by atoms with E-state index in [9.17, 15) is 8.78 Å². The Morgan fingerprint density at radius 1 is 1.42 bits per heavy atom. The molecule has 1 aromatic rings. The van der Waals surface area contributed by atoms with Gasteiger partial charge >= 0.3 is 6.61 Å². The van der Waals surface area contributed by atoms with Crippen molar-refractivity contribution in [3.05, 3.63) is 28.2 Å². The van der Waals surface area contributed by atoms with Gasteiger partial charge < -0.3 is 4.74 Å². The molecule has 0 aliphatic carbocycles. The second kappa shape index (κ2) is 3.85. The van der Waals surface area contributed by atoms with Crippen molar-refractivity contribution in [3.63, 3.8) is 0 Å². The summed E-state index contributed by atoms with van der Waals surface area (Å²) in [6.07, 6.45) is 0. The van der Waals surface area contributed by atoms with Crippen molar-refractivity contribution >= 4 is 15.9 Å². The molecule has 0 aliphatic heterocycles. The van der Waals surface area contributed by atoms with E-state index in [1.165, 1.54) is 6.07 Å². The minimum Gasteiger partial charge on any atom is -0.434 e. The van der Waals surface area contributed by atoms with Crippen molar-refractivity contribution in [3.8, 4) is 5.75 Å². The van der Waals surface area contributed by atoms with E-state index in [1.807, 2.05) is 6.92 Å². The molecule has 0 radical (unpaired) electrons. The molecule has 0 atom stereocenters. The van der Waals surface area contributed by atoms with Gasteiger partial charge in [0.15, 0.2) is 0 Å². The van der Waals surface area contributed by atoms with Crippen LogP contribution in [0.1, 0.15) is 5.56 Å². The van der Waals surface area contributed by atoms with Crippen LogP contribution in [-0.4, -0.2) is 6.61 Å². The van der Waals surface area contributed by atoms with Gasteiger partial charge in [0, 0.05) is 0 Å².